The van der Waals surface area contributed by atoms with Gasteiger partial charge in [0.15, 0.2) is 5.82 Å². The van der Waals surface area contributed by atoms with Gasteiger partial charge in [0.05, 0.1) is 13.1 Å². The molecule has 19 heavy (non-hydrogen) atoms. The molecule has 1 aromatic rings. The second kappa shape index (κ2) is 8.51. The minimum Gasteiger partial charge on any atom is -0.338 e. The average Bonchev–Trinajstić information content (AvgIpc) is 2.76. The molecule has 0 saturated heterocycles. The first-order chi connectivity index (χ1) is 8.79. The Morgan fingerprint density at radius 3 is 2.42 bits per heavy atom. The number of rotatable bonds is 4. The molecule has 1 heterocycles. The van der Waals surface area contributed by atoms with Crippen molar-refractivity contribution >= 4 is 12.4 Å². The van der Waals surface area contributed by atoms with Gasteiger partial charge in [-0.05, 0) is 19.9 Å². The summed E-state index contributed by atoms with van der Waals surface area (Å²) in [7, 11) is 2.16. The molecule has 1 aliphatic rings. The van der Waals surface area contributed by atoms with Crippen LogP contribution >= 0.6 is 12.4 Å². The number of nitrogens with zero attached hydrogens (tertiary/aromatic N) is 3. The predicted molar refractivity (Wildman–Crippen MR) is 77.0 cm³/mol. The number of hydrogen-bond donors (Lipinski definition) is 1. The van der Waals surface area contributed by atoms with Crippen LogP contribution in [0.1, 0.15) is 56.7 Å². The van der Waals surface area contributed by atoms with Gasteiger partial charge >= 0.3 is 0 Å². The average molecular weight is 289 g/mol. The molecule has 1 aliphatic carbocycles. The quantitative estimate of drug-likeness (QED) is 0.922. The minimum absolute atomic E-state index is 0. The minimum atomic E-state index is 0. The van der Waals surface area contributed by atoms with Crippen molar-refractivity contribution in [2.75, 3.05) is 7.05 Å². The molecule has 1 saturated carbocycles. The Kier molecular flexibility index (Phi) is 7.34. The molecule has 0 radical (unpaired) electrons. The highest BCUT2D eigenvalue weighted by molar-refractivity contribution is 5.85. The van der Waals surface area contributed by atoms with Gasteiger partial charge in [0, 0.05) is 6.04 Å². The molecule has 0 bridgehead atoms. The molecule has 0 aromatic carbocycles. The molecule has 6 heteroatoms. The molecule has 2 rings (SSSR count). The highest BCUT2D eigenvalue weighted by atomic mass is 35.5. The Morgan fingerprint density at radius 1 is 1.21 bits per heavy atom. The first-order valence-electron chi connectivity index (χ1n) is 7.01. The monoisotopic (exact) mass is 288 g/mol. The van der Waals surface area contributed by atoms with Gasteiger partial charge in [0.25, 0.3) is 0 Å². The summed E-state index contributed by atoms with van der Waals surface area (Å²) < 4.78 is 5.03. The molecule has 0 aliphatic heterocycles. The van der Waals surface area contributed by atoms with Crippen LogP contribution in [-0.2, 0) is 13.1 Å². The second-order valence-corrected chi connectivity index (χ2v) is 5.22. The van der Waals surface area contributed by atoms with Crippen LogP contribution in [0.4, 0.5) is 0 Å². The van der Waals surface area contributed by atoms with Crippen LogP contribution in [0.2, 0.25) is 0 Å². The van der Waals surface area contributed by atoms with Gasteiger partial charge in [0.1, 0.15) is 0 Å². The Bertz CT molecular complexity index is 350. The number of hydrogen-bond acceptors (Lipinski definition) is 5. The molecular weight excluding hydrogens is 264 g/mol. The maximum Gasteiger partial charge on any atom is 0.240 e. The Balaban J connectivity index is 0.00000180. The summed E-state index contributed by atoms with van der Waals surface area (Å²) in [4.78, 5) is 6.62. The van der Waals surface area contributed by atoms with Crippen LogP contribution in [0.3, 0.4) is 0 Å². The summed E-state index contributed by atoms with van der Waals surface area (Å²) in [6, 6.07) is 0.658. The van der Waals surface area contributed by atoms with Gasteiger partial charge in [-0.1, -0.05) is 37.3 Å². The lowest BCUT2D eigenvalue weighted by molar-refractivity contribution is 0.189. The molecule has 1 fully saturated rings. The topological polar surface area (TPSA) is 68.2 Å². The summed E-state index contributed by atoms with van der Waals surface area (Å²) in [5, 5.41) is 3.96. The largest absolute Gasteiger partial charge is 0.338 e. The fourth-order valence-electron chi connectivity index (χ4n) is 2.66. The number of halogens is 1. The number of nitrogens with two attached hydrogens (primary N) is 1. The predicted octanol–water partition coefficient (Wildman–Crippen LogP) is 2.49. The zero-order chi connectivity index (χ0) is 12.8. The molecule has 2 N–H and O–H groups in total. The second-order valence-electron chi connectivity index (χ2n) is 5.22. The Morgan fingerprint density at radius 2 is 1.84 bits per heavy atom. The van der Waals surface area contributed by atoms with Crippen LogP contribution in [0.15, 0.2) is 4.52 Å². The van der Waals surface area contributed by atoms with Crippen molar-refractivity contribution in [3.05, 3.63) is 11.7 Å². The van der Waals surface area contributed by atoms with Crippen LogP contribution in [0.5, 0.6) is 0 Å². The molecule has 5 nitrogen and oxygen atoms in total. The maximum absolute atomic E-state index is 5.46. The van der Waals surface area contributed by atoms with Crippen molar-refractivity contribution < 1.29 is 4.52 Å². The highest BCUT2D eigenvalue weighted by Crippen LogP contribution is 2.21. The van der Waals surface area contributed by atoms with E-state index in [2.05, 4.69) is 22.1 Å². The third-order valence-electron chi connectivity index (χ3n) is 3.77. The summed E-state index contributed by atoms with van der Waals surface area (Å²) in [5.74, 6) is 1.27. The van der Waals surface area contributed by atoms with Gasteiger partial charge in [-0.3, -0.25) is 4.90 Å². The van der Waals surface area contributed by atoms with Gasteiger partial charge in [-0.15, -0.1) is 12.4 Å². The molecular formula is C13H25ClN4O. The third kappa shape index (κ3) is 5.09. The van der Waals surface area contributed by atoms with Crippen LogP contribution in [0, 0.1) is 0 Å². The van der Waals surface area contributed by atoms with Crippen LogP contribution in [0.25, 0.3) is 0 Å². The SMILES string of the molecule is CN(Cc1noc(CN)n1)C1CCCCCCC1.Cl. The van der Waals surface area contributed by atoms with E-state index in [0.29, 0.717) is 18.5 Å². The van der Waals surface area contributed by atoms with E-state index in [1.165, 1.54) is 44.9 Å². The van der Waals surface area contributed by atoms with E-state index in [1.54, 1.807) is 0 Å². The van der Waals surface area contributed by atoms with E-state index >= 15 is 0 Å². The molecule has 0 atom stereocenters. The van der Waals surface area contributed by atoms with E-state index in [-0.39, 0.29) is 12.4 Å². The molecule has 1 aromatic heterocycles. The molecule has 110 valence electrons. The van der Waals surface area contributed by atoms with Gasteiger partial charge in [0.2, 0.25) is 5.89 Å². The van der Waals surface area contributed by atoms with Gasteiger partial charge in [-0.25, -0.2) is 0 Å². The lowest BCUT2D eigenvalue weighted by Gasteiger charge is -2.28. The summed E-state index contributed by atoms with van der Waals surface area (Å²) in [6.45, 7) is 1.08. The summed E-state index contributed by atoms with van der Waals surface area (Å²) in [6.07, 6.45) is 9.43. The van der Waals surface area contributed by atoms with Crippen molar-refractivity contribution in [1.29, 1.82) is 0 Å². The van der Waals surface area contributed by atoms with Crippen molar-refractivity contribution in [3.8, 4) is 0 Å². The molecule has 0 spiro atoms. The smallest absolute Gasteiger partial charge is 0.240 e. The van der Waals surface area contributed by atoms with Crippen molar-refractivity contribution in [1.82, 2.24) is 15.0 Å². The summed E-state index contributed by atoms with van der Waals surface area (Å²) in [5.41, 5.74) is 5.46. The van der Waals surface area contributed by atoms with Crippen LogP contribution < -0.4 is 5.73 Å². The van der Waals surface area contributed by atoms with E-state index in [9.17, 15) is 0 Å². The van der Waals surface area contributed by atoms with E-state index < -0.39 is 0 Å². The zero-order valence-corrected chi connectivity index (χ0v) is 12.5. The lowest BCUT2D eigenvalue weighted by atomic mass is 9.96. The fourth-order valence-corrected chi connectivity index (χ4v) is 2.66. The van der Waals surface area contributed by atoms with Crippen molar-refractivity contribution in [2.24, 2.45) is 5.73 Å². The standard InChI is InChI=1S/C13H24N4O.ClH/c1-17(10-12-15-13(9-14)18-16-12)11-7-5-3-2-4-6-8-11;/h11H,2-10,14H2,1H3;1H. The zero-order valence-electron chi connectivity index (χ0n) is 11.7. The van der Waals surface area contributed by atoms with Crippen molar-refractivity contribution in [2.45, 2.75) is 64.1 Å². The highest BCUT2D eigenvalue weighted by Gasteiger charge is 2.18. The Hall–Kier alpha value is -0.650. The van der Waals surface area contributed by atoms with Crippen molar-refractivity contribution in [3.63, 3.8) is 0 Å². The first-order valence-corrected chi connectivity index (χ1v) is 7.01. The van der Waals surface area contributed by atoms with Crippen LogP contribution in [-0.4, -0.2) is 28.1 Å². The number of aromatic nitrogens is 2. The maximum atomic E-state index is 5.46. The Labute approximate surface area is 121 Å². The summed E-state index contributed by atoms with van der Waals surface area (Å²) >= 11 is 0. The first kappa shape index (κ1) is 16.4. The molecule has 0 unspecified atom stereocenters. The van der Waals surface area contributed by atoms with E-state index in [1.807, 2.05) is 0 Å². The van der Waals surface area contributed by atoms with E-state index in [0.717, 1.165) is 12.4 Å². The lowest BCUT2D eigenvalue weighted by Crippen LogP contribution is -2.32. The fraction of sp³-hybridized carbons (Fsp3) is 0.846. The van der Waals surface area contributed by atoms with E-state index in [4.69, 9.17) is 10.3 Å². The molecule has 0 amide bonds. The van der Waals surface area contributed by atoms with Gasteiger partial charge < -0.3 is 10.3 Å². The van der Waals surface area contributed by atoms with Gasteiger partial charge in [-0.2, -0.15) is 4.98 Å². The normalized spacial score (nSPS) is 17.8. The third-order valence-corrected chi connectivity index (χ3v) is 3.77.